The van der Waals surface area contributed by atoms with Gasteiger partial charge in [-0.2, -0.15) is 0 Å². The van der Waals surface area contributed by atoms with E-state index in [4.69, 9.17) is 25.7 Å². The van der Waals surface area contributed by atoms with E-state index in [1.54, 1.807) is 18.2 Å². The van der Waals surface area contributed by atoms with Crippen molar-refractivity contribution >= 4 is 28.5 Å². The highest BCUT2D eigenvalue weighted by atomic mass is 35.5. The van der Waals surface area contributed by atoms with Gasteiger partial charge in [-0.05, 0) is 43.3 Å². The number of imidazole rings is 1. The third kappa shape index (κ3) is 4.12. The van der Waals surface area contributed by atoms with Gasteiger partial charge in [-0.25, -0.2) is 4.98 Å². The molecule has 1 atom stereocenters. The first kappa shape index (κ1) is 19.1. The molecule has 0 saturated heterocycles. The van der Waals surface area contributed by atoms with Crippen LogP contribution in [-0.4, -0.2) is 22.1 Å². The molecule has 0 aliphatic carbocycles. The summed E-state index contributed by atoms with van der Waals surface area (Å²) in [4.78, 5) is 17.1. The first-order valence-electron chi connectivity index (χ1n) is 9.30. The molecule has 0 aliphatic rings. The van der Waals surface area contributed by atoms with Crippen LogP contribution in [0.15, 0.2) is 71.3 Å². The number of hydrogen-bond acceptors (Lipinski definition) is 4. The highest BCUT2D eigenvalue weighted by Gasteiger charge is 2.20. The normalized spacial score (nSPS) is 12.1. The fraction of sp³-hybridized carbons (Fsp3) is 0.182. The Labute approximate surface area is 173 Å². The molecule has 6 nitrogen and oxygen atoms in total. The van der Waals surface area contributed by atoms with Gasteiger partial charge in [-0.1, -0.05) is 35.9 Å². The summed E-state index contributed by atoms with van der Waals surface area (Å²) in [6, 6.07) is 18.2. The van der Waals surface area contributed by atoms with Gasteiger partial charge in [0.2, 0.25) is 0 Å². The number of carbonyl (C=O) groups is 1. The molecule has 0 radical (unpaired) electrons. The number of benzene rings is 2. The van der Waals surface area contributed by atoms with Crippen LogP contribution in [0.1, 0.15) is 29.3 Å². The minimum absolute atomic E-state index is 0.265. The van der Waals surface area contributed by atoms with Gasteiger partial charge in [0.1, 0.15) is 18.2 Å². The predicted molar refractivity (Wildman–Crippen MR) is 111 cm³/mol. The first-order chi connectivity index (χ1) is 14.1. The van der Waals surface area contributed by atoms with Crippen LogP contribution in [0, 0.1) is 0 Å². The van der Waals surface area contributed by atoms with E-state index in [2.05, 4.69) is 9.88 Å². The number of halogens is 1. The Morgan fingerprint density at radius 2 is 1.97 bits per heavy atom. The Kier molecular flexibility index (Phi) is 5.53. The van der Waals surface area contributed by atoms with E-state index >= 15 is 0 Å². The molecule has 1 unspecified atom stereocenters. The van der Waals surface area contributed by atoms with Crippen LogP contribution in [0.2, 0.25) is 5.02 Å². The summed E-state index contributed by atoms with van der Waals surface area (Å²) < 4.78 is 13.1. The molecule has 7 heteroatoms. The summed E-state index contributed by atoms with van der Waals surface area (Å²) in [6.45, 7) is 2.87. The van der Waals surface area contributed by atoms with Crippen molar-refractivity contribution in [3.63, 3.8) is 0 Å². The molecule has 0 saturated carbocycles. The molecule has 2 aromatic carbocycles. The first-order valence-corrected chi connectivity index (χ1v) is 9.68. The summed E-state index contributed by atoms with van der Waals surface area (Å²) in [5, 5.41) is 3.51. The van der Waals surface area contributed by atoms with Crippen molar-refractivity contribution in [3.8, 4) is 5.75 Å². The molecule has 1 amide bonds. The van der Waals surface area contributed by atoms with Crippen LogP contribution < -0.4 is 10.1 Å². The number of hydrogen-bond donors (Lipinski definition) is 1. The van der Waals surface area contributed by atoms with E-state index in [-0.39, 0.29) is 17.7 Å². The average Bonchev–Trinajstić information content (AvgIpc) is 3.38. The number of fused-ring (bicyclic) bond motifs is 1. The van der Waals surface area contributed by atoms with E-state index in [1.165, 1.54) is 6.26 Å². The molecular formula is C22H20ClN3O3. The fourth-order valence-electron chi connectivity index (χ4n) is 3.21. The molecule has 2 heterocycles. The van der Waals surface area contributed by atoms with Crippen LogP contribution in [0.25, 0.3) is 11.0 Å². The van der Waals surface area contributed by atoms with E-state index < -0.39 is 0 Å². The molecule has 4 aromatic rings. The molecule has 2 aromatic heterocycles. The van der Waals surface area contributed by atoms with Gasteiger partial charge in [0, 0.05) is 0 Å². The summed E-state index contributed by atoms with van der Waals surface area (Å²) in [7, 11) is 0. The fourth-order valence-corrected chi connectivity index (χ4v) is 3.40. The minimum Gasteiger partial charge on any atom is -0.490 e. The van der Waals surface area contributed by atoms with E-state index in [9.17, 15) is 4.79 Å². The zero-order valence-electron chi connectivity index (χ0n) is 15.8. The van der Waals surface area contributed by atoms with Crippen molar-refractivity contribution in [2.24, 2.45) is 0 Å². The Balaban J connectivity index is 1.55. The van der Waals surface area contributed by atoms with Crippen LogP contribution in [-0.2, 0) is 6.54 Å². The number of rotatable bonds is 7. The number of carbonyl (C=O) groups excluding carboxylic acids is 1. The number of nitrogens with zero attached hydrogens (tertiary/aromatic N) is 2. The van der Waals surface area contributed by atoms with Crippen molar-refractivity contribution in [2.45, 2.75) is 19.5 Å². The van der Waals surface area contributed by atoms with Crippen molar-refractivity contribution < 1.29 is 13.9 Å². The lowest BCUT2D eigenvalue weighted by Gasteiger charge is -2.16. The summed E-state index contributed by atoms with van der Waals surface area (Å²) in [6.07, 6.45) is 1.47. The number of ether oxygens (including phenoxy) is 1. The molecule has 29 heavy (non-hydrogen) atoms. The molecule has 148 valence electrons. The maximum Gasteiger partial charge on any atom is 0.287 e. The zero-order chi connectivity index (χ0) is 20.2. The van der Waals surface area contributed by atoms with Crippen molar-refractivity contribution in [1.82, 2.24) is 14.9 Å². The van der Waals surface area contributed by atoms with E-state index in [1.807, 2.05) is 49.4 Å². The lowest BCUT2D eigenvalue weighted by molar-refractivity contribution is 0.0909. The Bertz CT molecular complexity index is 1120. The number of aromatic nitrogens is 2. The monoisotopic (exact) mass is 409 g/mol. The second kappa shape index (κ2) is 8.41. The average molecular weight is 410 g/mol. The van der Waals surface area contributed by atoms with Gasteiger partial charge in [-0.15, -0.1) is 0 Å². The maximum absolute atomic E-state index is 12.4. The highest BCUT2D eigenvalue weighted by Crippen LogP contribution is 2.24. The molecule has 1 N–H and O–H groups in total. The summed E-state index contributed by atoms with van der Waals surface area (Å²) in [5.74, 6) is 1.36. The number of furan rings is 1. The zero-order valence-corrected chi connectivity index (χ0v) is 16.6. The molecule has 4 rings (SSSR count). The Morgan fingerprint density at radius 1 is 1.17 bits per heavy atom. The predicted octanol–water partition coefficient (Wildman–Crippen LogP) is 4.85. The topological polar surface area (TPSA) is 69.3 Å². The molecular weight excluding hydrogens is 390 g/mol. The molecule has 0 fully saturated rings. The quantitative estimate of drug-likeness (QED) is 0.473. The maximum atomic E-state index is 12.4. The Hall–Kier alpha value is -3.25. The number of nitrogens with one attached hydrogen (secondary N) is 1. The smallest absolute Gasteiger partial charge is 0.287 e. The van der Waals surface area contributed by atoms with Crippen LogP contribution in [0.3, 0.4) is 0 Å². The Morgan fingerprint density at radius 3 is 2.76 bits per heavy atom. The lowest BCUT2D eigenvalue weighted by atomic mass is 10.3. The third-order valence-electron chi connectivity index (χ3n) is 4.57. The standard InChI is InChI=1S/C22H20ClN3O3/c1-15(24-22(27)20-11-6-13-28-20)21-25-17-8-3-4-9-18(17)26(21)12-14-29-19-10-5-2-7-16(19)23/h2-11,13,15H,12,14H2,1H3,(H,24,27). The van der Waals surface area contributed by atoms with Gasteiger partial charge >= 0.3 is 0 Å². The van der Waals surface area contributed by atoms with Crippen LogP contribution in [0.5, 0.6) is 5.75 Å². The van der Waals surface area contributed by atoms with Crippen LogP contribution in [0.4, 0.5) is 0 Å². The van der Waals surface area contributed by atoms with Crippen molar-refractivity contribution in [2.75, 3.05) is 6.61 Å². The van der Waals surface area contributed by atoms with Crippen LogP contribution >= 0.6 is 11.6 Å². The van der Waals surface area contributed by atoms with Crippen molar-refractivity contribution in [1.29, 1.82) is 0 Å². The SMILES string of the molecule is CC(NC(=O)c1ccco1)c1nc2ccccc2n1CCOc1ccccc1Cl. The van der Waals surface area contributed by atoms with Gasteiger partial charge in [0.05, 0.1) is 34.9 Å². The third-order valence-corrected chi connectivity index (χ3v) is 4.89. The van der Waals surface area contributed by atoms with E-state index in [0.29, 0.717) is 23.9 Å². The summed E-state index contributed by atoms with van der Waals surface area (Å²) in [5.41, 5.74) is 1.84. The van der Waals surface area contributed by atoms with Gasteiger partial charge in [0.25, 0.3) is 5.91 Å². The lowest BCUT2D eigenvalue weighted by Crippen LogP contribution is -2.28. The number of para-hydroxylation sites is 3. The van der Waals surface area contributed by atoms with Gasteiger partial charge in [0.15, 0.2) is 5.76 Å². The van der Waals surface area contributed by atoms with E-state index in [0.717, 1.165) is 16.9 Å². The van der Waals surface area contributed by atoms with Crippen molar-refractivity contribution in [3.05, 3.63) is 83.5 Å². The second-order valence-electron chi connectivity index (χ2n) is 6.56. The largest absolute Gasteiger partial charge is 0.490 e. The minimum atomic E-state index is -0.319. The summed E-state index contributed by atoms with van der Waals surface area (Å²) >= 11 is 6.17. The highest BCUT2D eigenvalue weighted by molar-refractivity contribution is 6.32. The second-order valence-corrected chi connectivity index (χ2v) is 6.97. The molecule has 0 spiro atoms. The molecule has 0 bridgehead atoms. The number of amides is 1. The van der Waals surface area contributed by atoms with Gasteiger partial charge < -0.3 is 19.0 Å². The molecule has 0 aliphatic heterocycles. The van der Waals surface area contributed by atoms with Gasteiger partial charge in [-0.3, -0.25) is 4.79 Å².